The molecule has 4 nitrogen and oxygen atoms in total. The number of ether oxygens (including phenoxy) is 2. The van der Waals surface area contributed by atoms with Gasteiger partial charge in [0.2, 0.25) is 0 Å². The molecule has 2 aromatic carbocycles. The van der Waals surface area contributed by atoms with Crippen LogP contribution < -0.4 is 9.47 Å². The van der Waals surface area contributed by atoms with E-state index in [0.717, 1.165) is 36.8 Å². The molecule has 0 fully saturated rings. The third kappa shape index (κ3) is 4.09. The normalized spacial score (nSPS) is 10.6. The number of methoxy groups -OCH3 is 2. The zero-order chi connectivity index (χ0) is 16.8. The molecule has 0 radical (unpaired) electrons. The molecule has 4 heteroatoms. The maximum atomic E-state index is 10.0. The lowest BCUT2D eigenvalue weighted by Gasteiger charge is -2.13. The highest BCUT2D eigenvalue weighted by Gasteiger charge is 2.10. The Morgan fingerprint density at radius 1 is 0.783 bits per heavy atom. The Kier molecular flexibility index (Phi) is 5.74. The first-order valence-electron chi connectivity index (χ1n) is 7.83. The molecule has 0 aromatic heterocycles. The van der Waals surface area contributed by atoms with Gasteiger partial charge in [-0.2, -0.15) is 0 Å². The minimum Gasteiger partial charge on any atom is -0.504 e. The van der Waals surface area contributed by atoms with Crippen molar-refractivity contribution in [3.05, 3.63) is 47.0 Å². The van der Waals surface area contributed by atoms with E-state index in [0.29, 0.717) is 11.5 Å². The summed E-state index contributed by atoms with van der Waals surface area (Å²) in [6, 6.07) is 9.10. The van der Waals surface area contributed by atoms with Crippen molar-refractivity contribution in [2.45, 2.75) is 32.6 Å². The topological polar surface area (TPSA) is 58.9 Å². The fourth-order valence-electron chi connectivity index (χ4n) is 2.71. The van der Waals surface area contributed by atoms with Gasteiger partial charge in [-0.1, -0.05) is 19.4 Å². The van der Waals surface area contributed by atoms with Gasteiger partial charge in [-0.05, 0) is 60.2 Å². The van der Waals surface area contributed by atoms with Crippen LogP contribution in [0.5, 0.6) is 23.0 Å². The van der Waals surface area contributed by atoms with E-state index in [-0.39, 0.29) is 11.5 Å². The van der Waals surface area contributed by atoms with Crippen LogP contribution in [0.2, 0.25) is 0 Å². The molecular formula is C19H24O4. The first-order valence-corrected chi connectivity index (χ1v) is 7.83. The molecule has 0 aliphatic heterocycles. The Morgan fingerprint density at radius 3 is 2.09 bits per heavy atom. The minimum absolute atomic E-state index is 0.144. The van der Waals surface area contributed by atoms with Gasteiger partial charge in [-0.15, -0.1) is 0 Å². The molecule has 0 saturated carbocycles. The summed E-state index contributed by atoms with van der Waals surface area (Å²) in [4.78, 5) is 0. The first-order chi connectivity index (χ1) is 11.1. The number of phenols is 2. The number of benzene rings is 2. The van der Waals surface area contributed by atoms with Crippen LogP contribution in [0.25, 0.3) is 0 Å². The van der Waals surface area contributed by atoms with Crippen LogP contribution in [0.15, 0.2) is 30.3 Å². The smallest absolute Gasteiger partial charge is 0.160 e. The van der Waals surface area contributed by atoms with Gasteiger partial charge >= 0.3 is 0 Å². The lowest BCUT2D eigenvalue weighted by Crippen LogP contribution is -1.99. The number of phenolic OH excluding ortho intramolecular Hbond substituents is 2. The van der Waals surface area contributed by atoms with E-state index in [9.17, 15) is 10.2 Å². The van der Waals surface area contributed by atoms with E-state index >= 15 is 0 Å². The minimum atomic E-state index is 0.144. The van der Waals surface area contributed by atoms with Crippen molar-refractivity contribution < 1.29 is 19.7 Å². The number of rotatable bonds is 7. The summed E-state index contributed by atoms with van der Waals surface area (Å²) < 4.78 is 10.3. The molecule has 2 aromatic rings. The third-order valence-electron chi connectivity index (χ3n) is 3.95. The molecular weight excluding hydrogens is 292 g/mol. The molecule has 124 valence electrons. The average molecular weight is 316 g/mol. The van der Waals surface area contributed by atoms with Crippen LogP contribution in [-0.2, 0) is 19.3 Å². The van der Waals surface area contributed by atoms with E-state index < -0.39 is 0 Å². The molecule has 0 heterocycles. The maximum absolute atomic E-state index is 10.0. The number of hydrogen-bond donors (Lipinski definition) is 2. The van der Waals surface area contributed by atoms with Crippen molar-refractivity contribution >= 4 is 0 Å². The van der Waals surface area contributed by atoms with Gasteiger partial charge in [0.05, 0.1) is 14.2 Å². The van der Waals surface area contributed by atoms with Gasteiger partial charge in [0, 0.05) is 0 Å². The number of aromatic hydroxyl groups is 2. The van der Waals surface area contributed by atoms with Crippen LogP contribution in [0, 0.1) is 0 Å². The van der Waals surface area contributed by atoms with E-state index in [2.05, 4.69) is 6.92 Å². The largest absolute Gasteiger partial charge is 0.504 e. The summed E-state index contributed by atoms with van der Waals surface area (Å²) in [6.45, 7) is 2.13. The Balaban J connectivity index is 2.20. The van der Waals surface area contributed by atoms with Crippen molar-refractivity contribution in [2.75, 3.05) is 14.2 Å². The van der Waals surface area contributed by atoms with Crippen molar-refractivity contribution in [1.29, 1.82) is 0 Å². The van der Waals surface area contributed by atoms with Gasteiger partial charge in [0.15, 0.2) is 23.0 Å². The maximum Gasteiger partial charge on any atom is 0.160 e. The van der Waals surface area contributed by atoms with Crippen molar-refractivity contribution in [2.24, 2.45) is 0 Å². The van der Waals surface area contributed by atoms with Crippen LogP contribution in [-0.4, -0.2) is 24.4 Å². The monoisotopic (exact) mass is 316 g/mol. The Hall–Kier alpha value is -2.36. The second kappa shape index (κ2) is 7.77. The summed E-state index contributed by atoms with van der Waals surface area (Å²) in [5.41, 5.74) is 3.41. The van der Waals surface area contributed by atoms with E-state index in [1.807, 2.05) is 18.2 Å². The fraction of sp³-hybridized carbons (Fsp3) is 0.368. The predicted molar refractivity (Wildman–Crippen MR) is 90.7 cm³/mol. The fourth-order valence-corrected chi connectivity index (χ4v) is 2.71. The lowest BCUT2D eigenvalue weighted by molar-refractivity contribution is 0.372. The molecule has 0 aliphatic carbocycles. The SMILES string of the molecule is CCCc1cc(OC)c(O)cc1CCc1ccc(O)c(OC)c1. The average Bonchev–Trinajstić information content (AvgIpc) is 2.56. The van der Waals surface area contributed by atoms with E-state index in [1.165, 1.54) is 5.56 Å². The predicted octanol–water partition coefficient (Wildman–Crippen LogP) is 3.85. The lowest BCUT2D eigenvalue weighted by atomic mass is 9.96. The molecule has 2 rings (SSSR count). The highest BCUT2D eigenvalue weighted by Crippen LogP contribution is 2.31. The zero-order valence-electron chi connectivity index (χ0n) is 13.9. The molecule has 0 bridgehead atoms. The third-order valence-corrected chi connectivity index (χ3v) is 3.95. The van der Waals surface area contributed by atoms with Crippen LogP contribution in [0.1, 0.15) is 30.0 Å². The Labute approximate surface area is 137 Å². The van der Waals surface area contributed by atoms with Gasteiger partial charge in [0.25, 0.3) is 0 Å². The molecule has 23 heavy (non-hydrogen) atoms. The molecule has 0 saturated heterocycles. The molecule has 0 spiro atoms. The Bertz CT molecular complexity index is 665. The quantitative estimate of drug-likeness (QED) is 0.814. The summed E-state index contributed by atoms with van der Waals surface area (Å²) in [5.74, 6) is 1.31. The molecule has 0 unspecified atom stereocenters. The summed E-state index contributed by atoms with van der Waals surface area (Å²) in [6.07, 6.45) is 3.60. The van der Waals surface area contributed by atoms with E-state index in [4.69, 9.17) is 9.47 Å². The number of aryl methyl sites for hydroxylation is 3. The van der Waals surface area contributed by atoms with Crippen molar-refractivity contribution in [3.63, 3.8) is 0 Å². The first kappa shape index (κ1) is 17.0. The molecule has 0 atom stereocenters. The highest BCUT2D eigenvalue weighted by atomic mass is 16.5. The zero-order valence-corrected chi connectivity index (χ0v) is 13.9. The van der Waals surface area contributed by atoms with Gasteiger partial charge < -0.3 is 19.7 Å². The van der Waals surface area contributed by atoms with Crippen LogP contribution >= 0.6 is 0 Å². The standard InChI is InChI=1S/C19H24O4/c1-4-5-14-12-19(23-3)17(21)11-15(14)8-6-13-7-9-16(20)18(10-13)22-2/h7,9-12,20-21H,4-6,8H2,1-3H3. The van der Waals surface area contributed by atoms with Gasteiger partial charge in [-0.25, -0.2) is 0 Å². The van der Waals surface area contributed by atoms with Crippen molar-refractivity contribution in [3.8, 4) is 23.0 Å². The van der Waals surface area contributed by atoms with Crippen LogP contribution in [0.3, 0.4) is 0 Å². The highest BCUT2D eigenvalue weighted by molar-refractivity contribution is 5.47. The second-order valence-corrected chi connectivity index (χ2v) is 5.55. The van der Waals surface area contributed by atoms with Crippen molar-refractivity contribution in [1.82, 2.24) is 0 Å². The Morgan fingerprint density at radius 2 is 1.43 bits per heavy atom. The molecule has 0 aliphatic rings. The molecule has 2 N–H and O–H groups in total. The van der Waals surface area contributed by atoms with Gasteiger partial charge in [0.1, 0.15) is 0 Å². The molecule has 0 amide bonds. The van der Waals surface area contributed by atoms with Crippen LogP contribution in [0.4, 0.5) is 0 Å². The summed E-state index contributed by atoms with van der Waals surface area (Å²) in [5, 5.41) is 19.7. The summed E-state index contributed by atoms with van der Waals surface area (Å²) >= 11 is 0. The van der Waals surface area contributed by atoms with E-state index in [1.54, 1.807) is 26.4 Å². The number of hydrogen-bond acceptors (Lipinski definition) is 4. The summed E-state index contributed by atoms with van der Waals surface area (Å²) in [7, 11) is 3.10. The van der Waals surface area contributed by atoms with Gasteiger partial charge in [-0.3, -0.25) is 0 Å². The second-order valence-electron chi connectivity index (χ2n) is 5.55.